The van der Waals surface area contributed by atoms with Crippen molar-refractivity contribution in [1.82, 2.24) is 10.4 Å². The van der Waals surface area contributed by atoms with Gasteiger partial charge in [-0.25, -0.2) is 0 Å². The molecule has 0 aromatic heterocycles. The van der Waals surface area contributed by atoms with Gasteiger partial charge in [0, 0.05) is 0 Å². The molecule has 0 atom stereocenters. The Bertz CT molecular complexity index is 922. The zero-order valence-electron chi connectivity index (χ0n) is 14.7. The number of carbonyl (C=O) groups excluding carboxylic acids is 2. The van der Waals surface area contributed by atoms with E-state index in [0.717, 1.165) is 21.7 Å². The normalized spacial score (nSPS) is 16.1. The Kier molecular flexibility index (Phi) is 6.21. The molecule has 1 heterocycles. The van der Waals surface area contributed by atoms with E-state index in [0.29, 0.717) is 9.23 Å². The Morgan fingerprint density at radius 1 is 1.11 bits per heavy atom. The second-order valence-corrected chi connectivity index (χ2v) is 7.69. The first-order valence-corrected chi connectivity index (χ1v) is 9.60. The molecule has 1 aliphatic heterocycles. The summed E-state index contributed by atoms with van der Waals surface area (Å²) in [5, 5.41) is 1.15. The molecule has 27 heavy (non-hydrogen) atoms. The van der Waals surface area contributed by atoms with Crippen LogP contribution >= 0.6 is 24.0 Å². The summed E-state index contributed by atoms with van der Waals surface area (Å²) >= 11 is 6.44. The average Bonchev–Trinajstić information content (AvgIpc) is 2.90. The van der Waals surface area contributed by atoms with Gasteiger partial charge in [-0.1, -0.05) is 78.5 Å². The van der Waals surface area contributed by atoms with Crippen molar-refractivity contribution < 1.29 is 9.59 Å². The number of hydrogen-bond donors (Lipinski definition) is 1. The summed E-state index contributed by atoms with van der Waals surface area (Å²) in [6, 6.07) is 19.2. The van der Waals surface area contributed by atoms with Gasteiger partial charge < -0.3 is 0 Å². The Morgan fingerprint density at radius 2 is 1.74 bits per heavy atom. The number of thioether (sulfide) groups is 1. The fraction of sp³-hybridized carbons (Fsp3) is 0.0952. The van der Waals surface area contributed by atoms with Gasteiger partial charge >= 0.3 is 0 Å². The lowest BCUT2D eigenvalue weighted by molar-refractivity contribution is -0.132. The Hall–Kier alpha value is -2.70. The van der Waals surface area contributed by atoms with E-state index in [-0.39, 0.29) is 18.2 Å². The summed E-state index contributed by atoms with van der Waals surface area (Å²) < 4.78 is 0.320. The number of nitrogens with zero attached hydrogens (tertiary/aromatic N) is 1. The number of rotatable bonds is 5. The summed E-state index contributed by atoms with van der Waals surface area (Å²) in [5.41, 5.74) is 5.46. The number of nitrogens with one attached hydrogen (secondary N) is 1. The molecule has 0 bridgehead atoms. The van der Waals surface area contributed by atoms with E-state index >= 15 is 0 Å². The number of amides is 2. The molecule has 0 saturated carbocycles. The predicted octanol–water partition coefficient (Wildman–Crippen LogP) is 4.11. The highest BCUT2D eigenvalue weighted by Crippen LogP contribution is 2.30. The fourth-order valence-electron chi connectivity index (χ4n) is 2.57. The molecular formula is C21H18N2O2S2. The van der Waals surface area contributed by atoms with Crippen molar-refractivity contribution in [3.63, 3.8) is 0 Å². The van der Waals surface area contributed by atoms with Crippen LogP contribution in [-0.2, 0) is 16.0 Å². The molecule has 1 saturated heterocycles. The summed E-state index contributed by atoms with van der Waals surface area (Å²) in [7, 11) is 0. The van der Waals surface area contributed by atoms with Crippen molar-refractivity contribution >= 4 is 46.2 Å². The number of thiocarbonyl (C=S) groups is 1. The first kappa shape index (κ1) is 19.1. The highest BCUT2D eigenvalue weighted by atomic mass is 32.2. The molecule has 4 nitrogen and oxygen atoms in total. The van der Waals surface area contributed by atoms with E-state index in [1.165, 1.54) is 11.8 Å². The Labute approximate surface area is 167 Å². The smallest absolute Gasteiger partial charge is 0.273 e. The molecule has 0 aliphatic carbocycles. The van der Waals surface area contributed by atoms with Crippen LogP contribution in [0.5, 0.6) is 0 Å². The quantitative estimate of drug-likeness (QED) is 0.613. The lowest BCUT2D eigenvalue weighted by Crippen LogP contribution is -2.45. The minimum absolute atomic E-state index is 0.184. The molecule has 1 N–H and O–H groups in total. The maximum Gasteiger partial charge on any atom is 0.285 e. The monoisotopic (exact) mass is 394 g/mol. The Balaban J connectivity index is 1.67. The molecule has 2 aromatic carbocycles. The van der Waals surface area contributed by atoms with E-state index in [1.807, 2.05) is 73.7 Å². The van der Waals surface area contributed by atoms with Crippen LogP contribution in [0.1, 0.15) is 18.1 Å². The highest BCUT2D eigenvalue weighted by Gasteiger charge is 2.33. The summed E-state index contributed by atoms with van der Waals surface area (Å²) in [5.74, 6) is -0.595. The maximum atomic E-state index is 12.6. The molecule has 1 aliphatic rings. The molecule has 3 rings (SSSR count). The minimum Gasteiger partial charge on any atom is -0.273 e. The number of allylic oxidation sites excluding steroid dienone is 2. The van der Waals surface area contributed by atoms with Gasteiger partial charge in [0.15, 0.2) is 4.32 Å². The SMILES string of the molecule is CC(=C/c1ccccc1)/C=C1/SC(=S)N(NC(=O)Cc2ccccc2)C1=O. The van der Waals surface area contributed by atoms with Gasteiger partial charge in [0.05, 0.1) is 11.3 Å². The first-order chi connectivity index (χ1) is 13.0. The van der Waals surface area contributed by atoms with Gasteiger partial charge in [0.2, 0.25) is 5.91 Å². The van der Waals surface area contributed by atoms with Crippen LogP contribution in [0.2, 0.25) is 0 Å². The average molecular weight is 395 g/mol. The number of hydrogen-bond acceptors (Lipinski definition) is 4. The van der Waals surface area contributed by atoms with Gasteiger partial charge in [0.25, 0.3) is 5.91 Å². The van der Waals surface area contributed by atoms with Crippen LogP contribution in [0.15, 0.2) is 77.2 Å². The molecule has 6 heteroatoms. The van der Waals surface area contributed by atoms with Gasteiger partial charge in [-0.3, -0.25) is 15.0 Å². The largest absolute Gasteiger partial charge is 0.285 e. The summed E-state index contributed by atoms with van der Waals surface area (Å²) in [6.45, 7) is 1.92. The zero-order valence-corrected chi connectivity index (χ0v) is 16.3. The molecule has 2 aromatic rings. The maximum absolute atomic E-state index is 12.6. The first-order valence-electron chi connectivity index (χ1n) is 8.37. The van der Waals surface area contributed by atoms with Crippen LogP contribution < -0.4 is 5.43 Å². The van der Waals surface area contributed by atoms with Crippen molar-refractivity contribution in [2.75, 3.05) is 0 Å². The van der Waals surface area contributed by atoms with Crippen LogP contribution in [0.25, 0.3) is 6.08 Å². The van der Waals surface area contributed by atoms with E-state index in [4.69, 9.17) is 12.2 Å². The van der Waals surface area contributed by atoms with Crippen molar-refractivity contribution in [2.45, 2.75) is 13.3 Å². The van der Waals surface area contributed by atoms with Crippen LogP contribution in [0, 0.1) is 0 Å². The van der Waals surface area contributed by atoms with Crippen molar-refractivity contribution in [3.8, 4) is 0 Å². The predicted molar refractivity (Wildman–Crippen MR) is 113 cm³/mol. The second kappa shape index (κ2) is 8.79. The molecular weight excluding hydrogens is 376 g/mol. The second-order valence-electron chi connectivity index (χ2n) is 6.01. The minimum atomic E-state index is -0.313. The number of hydrazine groups is 1. The van der Waals surface area contributed by atoms with E-state index in [9.17, 15) is 9.59 Å². The van der Waals surface area contributed by atoms with Gasteiger partial charge in [-0.05, 0) is 41.9 Å². The van der Waals surface area contributed by atoms with E-state index < -0.39 is 0 Å². The standard InChI is InChI=1S/C21H18N2O2S2/c1-15(12-16-8-4-2-5-9-16)13-18-20(25)23(21(26)27-18)22-19(24)14-17-10-6-3-7-11-17/h2-13H,14H2,1H3,(H,22,24)/b15-12-,18-13+. The van der Waals surface area contributed by atoms with Gasteiger partial charge in [0.1, 0.15) is 0 Å². The highest BCUT2D eigenvalue weighted by molar-refractivity contribution is 8.26. The van der Waals surface area contributed by atoms with Gasteiger partial charge in [-0.15, -0.1) is 0 Å². The molecule has 136 valence electrons. The molecule has 0 unspecified atom stereocenters. The lowest BCUT2D eigenvalue weighted by Gasteiger charge is -2.15. The van der Waals surface area contributed by atoms with Crippen molar-refractivity contribution in [1.29, 1.82) is 0 Å². The third-order valence-electron chi connectivity index (χ3n) is 3.79. The topological polar surface area (TPSA) is 49.4 Å². The van der Waals surface area contributed by atoms with Crippen molar-refractivity contribution in [2.24, 2.45) is 0 Å². The lowest BCUT2D eigenvalue weighted by atomic mass is 10.1. The van der Waals surface area contributed by atoms with E-state index in [1.54, 1.807) is 6.08 Å². The summed E-state index contributed by atoms with van der Waals surface area (Å²) in [4.78, 5) is 25.3. The van der Waals surface area contributed by atoms with Gasteiger partial charge in [-0.2, -0.15) is 5.01 Å². The third kappa shape index (κ3) is 5.15. The fourth-order valence-corrected chi connectivity index (χ4v) is 3.80. The number of benzene rings is 2. The molecule has 0 spiro atoms. The molecule has 0 radical (unpaired) electrons. The number of carbonyl (C=O) groups is 2. The zero-order chi connectivity index (χ0) is 19.2. The molecule has 2 amide bonds. The van der Waals surface area contributed by atoms with E-state index in [2.05, 4.69) is 5.43 Å². The van der Waals surface area contributed by atoms with Crippen molar-refractivity contribution in [3.05, 3.63) is 88.3 Å². The summed E-state index contributed by atoms with van der Waals surface area (Å²) in [6.07, 6.45) is 3.96. The van der Waals surface area contributed by atoms with Crippen LogP contribution in [0.4, 0.5) is 0 Å². The van der Waals surface area contributed by atoms with Crippen LogP contribution in [0.3, 0.4) is 0 Å². The molecule has 1 fully saturated rings. The third-order valence-corrected chi connectivity index (χ3v) is 5.09. The Morgan fingerprint density at radius 3 is 2.41 bits per heavy atom. The van der Waals surface area contributed by atoms with Crippen LogP contribution in [-0.4, -0.2) is 21.1 Å².